The van der Waals surface area contributed by atoms with Gasteiger partial charge in [0.2, 0.25) is 5.13 Å². The average Bonchev–Trinajstić information content (AvgIpc) is 3.23. The molecule has 0 fully saturated rings. The third-order valence-corrected chi connectivity index (χ3v) is 4.51. The number of hydrogen-bond acceptors (Lipinski definition) is 7. The Bertz CT molecular complexity index is 846. The zero-order valence-electron chi connectivity index (χ0n) is 13.4. The molecule has 24 heavy (non-hydrogen) atoms. The van der Waals surface area contributed by atoms with Gasteiger partial charge in [0.15, 0.2) is 10.7 Å². The fourth-order valence-corrected chi connectivity index (χ4v) is 2.73. The lowest BCUT2D eigenvalue weighted by atomic mass is 10.1. The molecule has 0 spiro atoms. The maximum Gasteiger partial charge on any atom is 0.279 e. The van der Waals surface area contributed by atoms with Crippen LogP contribution in [-0.2, 0) is 0 Å². The number of nitrogens with one attached hydrogen (secondary N) is 2. The normalized spacial score (nSPS) is 12.0. The van der Waals surface area contributed by atoms with Crippen LogP contribution in [0.25, 0.3) is 0 Å². The smallest absolute Gasteiger partial charge is 0.279 e. The molecule has 0 aliphatic heterocycles. The summed E-state index contributed by atoms with van der Waals surface area (Å²) in [5, 5.41) is 21.4. The van der Waals surface area contributed by atoms with Gasteiger partial charge in [-0.15, -0.1) is 10.2 Å². The Hall–Kier alpha value is -2.81. The highest BCUT2D eigenvalue weighted by molar-refractivity contribution is 7.15. The molecule has 0 saturated heterocycles. The summed E-state index contributed by atoms with van der Waals surface area (Å²) in [7, 11) is 0. The second-order valence-electron chi connectivity index (χ2n) is 5.21. The summed E-state index contributed by atoms with van der Waals surface area (Å²) >= 11 is 1.26. The van der Waals surface area contributed by atoms with Crippen molar-refractivity contribution in [3.8, 4) is 5.75 Å². The summed E-state index contributed by atoms with van der Waals surface area (Å²) in [6.07, 6.45) is 1.06. The lowest BCUT2D eigenvalue weighted by molar-refractivity contribution is 0.102. The van der Waals surface area contributed by atoms with Crippen molar-refractivity contribution in [2.24, 2.45) is 0 Å². The van der Waals surface area contributed by atoms with E-state index in [4.69, 9.17) is 4.74 Å². The van der Waals surface area contributed by atoms with Crippen LogP contribution < -0.4 is 10.1 Å². The van der Waals surface area contributed by atoms with Gasteiger partial charge in [-0.1, -0.05) is 23.5 Å². The number of anilines is 1. The molecule has 0 bridgehead atoms. The van der Waals surface area contributed by atoms with Crippen molar-refractivity contribution in [1.82, 2.24) is 25.6 Å². The van der Waals surface area contributed by atoms with E-state index in [9.17, 15) is 4.79 Å². The number of carbonyl (C=O) groups is 1. The molecule has 0 saturated carbocycles. The van der Waals surface area contributed by atoms with Crippen molar-refractivity contribution in [2.45, 2.75) is 26.9 Å². The van der Waals surface area contributed by atoms with Crippen LogP contribution in [0.15, 0.2) is 24.4 Å². The molecule has 0 radical (unpaired) electrons. The van der Waals surface area contributed by atoms with Crippen LogP contribution in [0.5, 0.6) is 5.75 Å². The Morgan fingerprint density at radius 2 is 2.17 bits per heavy atom. The lowest BCUT2D eigenvalue weighted by Gasteiger charge is -2.14. The van der Waals surface area contributed by atoms with E-state index in [1.165, 1.54) is 17.5 Å². The van der Waals surface area contributed by atoms with E-state index in [1.54, 1.807) is 0 Å². The molecule has 1 atom stereocenters. The van der Waals surface area contributed by atoms with E-state index < -0.39 is 5.91 Å². The topological polar surface area (TPSA) is 106 Å². The summed E-state index contributed by atoms with van der Waals surface area (Å²) < 4.78 is 5.97. The van der Waals surface area contributed by atoms with Gasteiger partial charge in [0, 0.05) is 0 Å². The number of ether oxygens (including phenoxy) is 1. The van der Waals surface area contributed by atoms with Crippen molar-refractivity contribution >= 4 is 22.4 Å². The Morgan fingerprint density at radius 1 is 1.33 bits per heavy atom. The fraction of sp³-hybridized carbons (Fsp3) is 0.267. The van der Waals surface area contributed by atoms with Gasteiger partial charge in [-0.25, -0.2) is 0 Å². The van der Waals surface area contributed by atoms with Crippen LogP contribution in [0, 0.1) is 13.8 Å². The second kappa shape index (κ2) is 6.75. The number of amides is 1. The van der Waals surface area contributed by atoms with Crippen molar-refractivity contribution in [2.75, 3.05) is 5.32 Å². The number of aromatic nitrogens is 5. The molecule has 2 heterocycles. The Kier molecular flexibility index (Phi) is 4.52. The quantitative estimate of drug-likeness (QED) is 0.737. The Labute approximate surface area is 142 Å². The second-order valence-corrected chi connectivity index (χ2v) is 6.22. The minimum absolute atomic E-state index is 0.187. The zero-order chi connectivity index (χ0) is 17.1. The average molecular weight is 344 g/mol. The summed E-state index contributed by atoms with van der Waals surface area (Å²) in [5.74, 6) is 0.417. The van der Waals surface area contributed by atoms with Gasteiger partial charge >= 0.3 is 0 Å². The summed E-state index contributed by atoms with van der Waals surface area (Å²) in [4.78, 5) is 11.9. The van der Waals surface area contributed by atoms with E-state index in [-0.39, 0.29) is 11.8 Å². The molecule has 1 unspecified atom stereocenters. The maximum atomic E-state index is 11.9. The largest absolute Gasteiger partial charge is 0.483 e. The summed E-state index contributed by atoms with van der Waals surface area (Å²) in [5.41, 5.74) is 2.44. The lowest BCUT2D eigenvalue weighted by Crippen LogP contribution is -2.12. The first-order chi connectivity index (χ1) is 11.5. The van der Waals surface area contributed by atoms with Gasteiger partial charge in [0.25, 0.3) is 5.91 Å². The van der Waals surface area contributed by atoms with Gasteiger partial charge in [0.1, 0.15) is 11.9 Å². The molecule has 3 rings (SSSR count). The number of aromatic amines is 1. The molecule has 2 N–H and O–H groups in total. The van der Waals surface area contributed by atoms with Crippen LogP contribution in [0.2, 0.25) is 0 Å². The number of aryl methyl sites for hydroxylation is 1. The molecule has 0 aliphatic rings. The van der Waals surface area contributed by atoms with Gasteiger partial charge in [-0.3, -0.25) is 10.1 Å². The number of hydrogen-bond donors (Lipinski definition) is 2. The number of rotatable bonds is 5. The first kappa shape index (κ1) is 16.1. The molecular weight excluding hydrogens is 328 g/mol. The molecule has 9 heteroatoms. The minimum Gasteiger partial charge on any atom is -0.483 e. The molecule has 124 valence electrons. The first-order valence-electron chi connectivity index (χ1n) is 7.28. The van der Waals surface area contributed by atoms with Gasteiger partial charge in [-0.05, 0) is 38.0 Å². The third kappa shape index (κ3) is 3.40. The summed E-state index contributed by atoms with van der Waals surface area (Å²) in [6.45, 7) is 5.95. The SMILES string of the molecule is Cc1cccc(OC(C)c2nnc(NC(=O)c3cn[nH]n3)s2)c1C. The van der Waals surface area contributed by atoms with E-state index in [0.717, 1.165) is 16.9 Å². The van der Waals surface area contributed by atoms with E-state index in [0.29, 0.717) is 10.1 Å². The van der Waals surface area contributed by atoms with Crippen LogP contribution in [0.4, 0.5) is 5.13 Å². The molecule has 8 nitrogen and oxygen atoms in total. The standard InChI is InChI=1S/C15H16N6O2S/c1-8-5-4-6-12(9(8)2)23-10(3)14-19-20-15(24-14)17-13(22)11-7-16-21-18-11/h4-7,10H,1-3H3,(H,16,18,21)(H,17,20,22). The number of carbonyl (C=O) groups excluding carboxylic acids is 1. The van der Waals surface area contributed by atoms with Gasteiger partial charge < -0.3 is 4.74 Å². The highest BCUT2D eigenvalue weighted by atomic mass is 32.1. The first-order valence-corrected chi connectivity index (χ1v) is 8.09. The molecule has 1 amide bonds. The van der Waals surface area contributed by atoms with Crippen LogP contribution in [0.3, 0.4) is 0 Å². The molecule has 3 aromatic rings. The van der Waals surface area contributed by atoms with Crippen LogP contribution in [-0.4, -0.2) is 31.5 Å². The van der Waals surface area contributed by atoms with Crippen molar-refractivity contribution < 1.29 is 9.53 Å². The van der Waals surface area contributed by atoms with Crippen LogP contribution in [0.1, 0.15) is 39.7 Å². The predicted molar refractivity (Wildman–Crippen MR) is 89.2 cm³/mol. The minimum atomic E-state index is -0.394. The van der Waals surface area contributed by atoms with E-state index in [2.05, 4.69) is 30.9 Å². The van der Waals surface area contributed by atoms with E-state index >= 15 is 0 Å². The molecule has 0 aliphatic carbocycles. The van der Waals surface area contributed by atoms with Gasteiger partial charge in [0.05, 0.1) is 6.20 Å². The fourth-order valence-electron chi connectivity index (χ4n) is 2.01. The van der Waals surface area contributed by atoms with E-state index in [1.807, 2.05) is 39.0 Å². The number of benzene rings is 1. The maximum absolute atomic E-state index is 11.9. The monoisotopic (exact) mass is 344 g/mol. The molecule has 2 aromatic heterocycles. The molecule has 1 aromatic carbocycles. The van der Waals surface area contributed by atoms with Crippen molar-refractivity contribution in [3.05, 3.63) is 46.2 Å². The van der Waals surface area contributed by atoms with Crippen LogP contribution >= 0.6 is 11.3 Å². The zero-order valence-corrected chi connectivity index (χ0v) is 14.2. The third-order valence-electron chi connectivity index (χ3n) is 3.52. The van der Waals surface area contributed by atoms with Crippen molar-refractivity contribution in [1.29, 1.82) is 0 Å². The van der Waals surface area contributed by atoms with Crippen molar-refractivity contribution in [3.63, 3.8) is 0 Å². The number of nitrogens with zero attached hydrogens (tertiary/aromatic N) is 4. The Morgan fingerprint density at radius 3 is 2.92 bits per heavy atom. The molecular formula is C15H16N6O2S. The summed E-state index contributed by atoms with van der Waals surface area (Å²) in [6, 6.07) is 5.91. The highest BCUT2D eigenvalue weighted by Crippen LogP contribution is 2.29. The predicted octanol–water partition coefficient (Wildman–Crippen LogP) is 2.67. The number of H-pyrrole nitrogens is 1. The van der Waals surface area contributed by atoms with Gasteiger partial charge in [-0.2, -0.15) is 15.4 Å². The Balaban J connectivity index is 1.68. The highest BCUT2D eigenvalue weighted by Gasteiger charge is 2.17.